The lowest BCUT2D eigenvalue weighted by molar-refractivity contribution is -0.275. The van der Waals surface area contributed by atoms with E-state index in [4.69, 9.17) is 14.2 Å². The van der Waals surface area contributed by atoms with Crippen molar-refractivity contribution >= 4 is 11.8 Å². The van der Waals surface area contributed by atoms with Gasteiger partial charge in [0.05, 0.1) is 18.3 Å². The molecule has 0 N–H and O–H groups in total. The minimum absolute atomic E-state index is 0.103. The summed E-state index contributed by atoms with van der Waals surface area (Å²) < 4.78 is 18.4. The summed E-state index contributed by atoms with van der Waals surface area (Å²) in [5, 5.41) is 0. The molecule has 4 atom stereocenters. The van der Waals surface area contributed by atoms with Crippen LogP contribution in [0, 0.1) is 17.3 Å². The smallest absolute Gasteiger partial charge is 0.0948 e. The van der Waals surface area contributed by atoms with Gasteiger partial charge in [0.1, 0.15) is 0 Å². The van der Waals surface area contributed by atoms with E-state index >= 15 is 0 Å². The van der Waals surface area contributed by atoms with Gasteiger partial charge in [0.2, 0.25) is 0 Å². The number of hydrogen-bond donors (Lipinski definition) is 0. The molecule has 1 heterocycles. The van der Waals surface area contributed by atoms with E-state index in [2.05, 4.69) is 20.8 Å². The first-order valence-corrected chi connectivity index (χ1v) is 10.1. The molecule has 1 aliphatic heterocycles. The molecule has 3 unspecified atom stereocenters. The number of ether oxygens (including phenoxy) is 3. The highest BCUT2D eigenvalue weighted by Gasteiger charge is 2.64. The zero-order valence-corrected chi connectivity index (χ0v) is 15.3. The molecule has 22 heavy (non-hydrogen) atoms. The van der Waals surface area contributed by atoms with E-state index in [9.17, 15) is 0 Å². The lowest BCUT2D eigenvalue weighted by Crippen LogP contribution is -2.68. The molecule has 3 saturated carbocycles. The molecule has 4 aliphatic rings. The third kappa shape index (κ3) is 3.22. The molecule has 3 aliphatic carbocycles. The Balaban J connectivity index is 1.66. The highest BCUT2D eigenvalue weighted by atomic mass is 32.2. The normalized spacial score (nSPS) is 43.5. The summed E-state index contributed by atoms with van der Waals surface area (Å²) in [6, 6.07) is 0. The first kappa shape index (κ1) is 17.1. The highest BCUT2D eigenvalue weighted by Crippen LogP contribution is 2.64. The molecule has 4 rings (SSSR count). The summed E-state index contributed by atoms with van der Waals surface area (Å²) >= 11 is 1.98. The first-order chi connectivity index (χ1) is 10.5. The van der Waals surface area contributed by atoms with Gasteiger partial charge < -0.3 is 14.2 Å². The standard InChI is InChI=1S/C18H32O3S/c1-17(2)14-12-15(17)18(3)16(13-14)20-7-4-6-19-9-11-22-10-5-8-21-18/h14-16H,4-13H2,1-3H3/t14?,15?,16?,18-/m1/s1. The first-order valence-electron chi connectivity index (χ1n) is 8.96. The lowest BCUT2D eigenvalue weighted by Gasteiger charge is -2.66. The zero-order chi connectivity index (χ0) is 15.6. The van der Waals surface area contributed by atoms with Crippen molar-refractivity contribution in [3.8, 4) is 0 Å². The molecule has 1 saturated heterocycles. The maximum atomic E-state index is 6.49. The van der Waals surface area contributed by atoms with Crippen LogP contribution in [-0.2, 0) is 14.2 Å². The molecule has 0 radical (unpaired) electrons. The Bertz CT molecular complexity index is 373. The second-order valence-electron chi connectivity index (χ2n) is 7.87. The van der Waals surface area contributed by atoms with Crippen LogP contribution < -0.4 is 0 Å². The Morgan fingerprint density at radius 2 is 1.77 bits per heavy atom. The van der Waals surface area contributed by atoms with Gasteiger partial charge in [-0.1, -0.05) is 13.8 Å². The monoisotopic (exact) mass is 328 g/mol. The molecule has 0 aromatic rings. The third-order valence-corrected chi connectivity index (χ3v) is 7.30. The molecule has 128 valence electrons. The van der Waals surface area contributed by atoms with Gasteiger partial charge in [0, 0.05) is 25.6 Å². The molecule has 0 aromatic carbocycles. The van der Waals surface area contributed by atoms with Crippen molar-refractivity contribution in [2.24, 2.45) is 17.3 Å². The molecule has 0 amide bonds. The van der Waals surface area contributed by atoms with E-state index in [-0.39, 0.29) is 11.7 Å². The SMILES string of the molecule is CC1(C)C2CC3OCCCOCCSCCCO[C@]3(C)C1C2. The average molecular weight is 329 g/mol. The van der Waals surface area contributed by atoms with Crippen molar-refractivity contribution in [2.45, 2.75) is 58.2 Å². The molecule has 3 nitrogen and oxygen atoms in total. The molecule has 4 fully saturated rings. The van der Waals surface area contributed by atoms with Crippen molar-refractivity contribution < 1.29 is 14.2 Å². The van der Waals surface area contributed by atoms with E-state index < -0.39 is 0 Å². The fourth-order valence-corrected chi connectivity index (χ4v) is 5.46. The highest BCUT2D eigenvalue weighted by molar-refractivity contribution is 7.99. The second kappa shape index (κ2) is 7.00. The van der Waals surface area contributed by atoms with Crippen molar-refractivity contribution in [1.29, 1.82) is 0 Å². The van der Waals surface area contributed by atoms with Crippen LogP contribution >= 0.6 is 11.8 Å². The Morgan fingerprint density at radius 1 is 0.909 bits per heavy atom. The third-order valence-electron chi connectivity index (χ3n) is 6.27. The van der Waals surface area contributed by atoms with Crippen LogP contribution in [0.3, 0.4) is 0 Å². The van der Waals surface area contributed by atoms with Crippen LogP contribution in [0.1, 0.15) is 46.5 Å². The Kier molecular flexibility index (Phi) is 5.43. The van der Waals surface area contributed by atoms with Crippen molar-refractivity contribution in [3.63, 3.8) is 0 Å². The van der Waals surface area contributed by atoms with Crippen molar-refractivity contribution in [3.05, 3.63) is 0 Å². The van der Waals surface area contributed by atoms with Crippen molar-refractivity contribution in [1.82, 2.24) is 0 Å². The molecule has 0 aromatic heterocycles. The Hall–Kier alpha value is 0.230. The molecule has 2 bridgehead atoms. The van der Waals surface area contributed by atoms with Gasteiger partial charge in [-0.05, 0) is 55.6 Å². The minimum atomic E-state index is -0.103. The Labute approximate surface area is 139 Å². The quantitative estimate of drug-likeness (QED) is 0.677. The predicted octanol–water partition coefficient (Wildman–Crippen LogP) is 3.76. The van der Waals surface area contributed by atoms with Crippen LogP contribution in [0.4, 0.5) is 0 Å². The summed E-state index contributed by atoms with van der Waals surface area (Å²) in [7, 11) is 0. The van der Waals surface area contributed by atoms with Gasteiger partial charge in [0.25, 0.3) is 0 Å². The van der Waals surface area contributed by atoms with E-state index in [0.717, 1.165) is 57.4 Å². The summed E-state index contributed by atoms with van der Waals surface area (Å²) in [5.41, 5.74) is 0.311. The van der Waals surface area contributed by atoms with E-state index in [1.807, 2.05) is 11.8 Å². The fourth-order valence-electron chi connectivity index (χ4n) is 4.69. The average Bonchev–Trinajstić information content (AvgIpc) is 2.48. The van der Waals surface area contributed by atoms with Gasteiger partial charge >= 0.3 is 0 Å². The van der Waals surface area contributed by atoms with E-state index in [1.54, 1.807) is 0 Å². The van der Waals surface area contributed by atoms with E-state index in [0.29, 0.717) is 11.3 Å². The van der Waals surface area contributed by atoms with E-state index in [1.165, 1.54) is 12.2 Å². The molecular weight excluding hydrogens is 296 g/mol. The second-order valence-corrected chi connectivity index (χ2v) is 9.09. The summed E-state index contributed by atoms with van der Waals surface area (Å²) in [5.74, 6) is 3.71. The maximum absolute atomic E-state index is 6.49. The zero-order valence-electron chi connectivity index (χ0n) is 14.4. The van der Waals surface area contributed by atoms with Crippen LogP contribution in [0.15, 0.2) is 0 Å². The molecule has 4 heteroatoms. The number of thioether (sulfide) groups is 1. The number of hydrogen-bond acceptors (Lipinski definition) is 4. The van der Waals surface area contributed by atoms with Gasteiger partial charge in [-0.3, -0.25) is 0 Å². The van der Waals surface area contributed by atoms with Crippen LogP contribution in [0.25, 0.3) is 0 Å². The fraction of sp³-hybridized carbons (Fsp3) is 1.00. The predicted molar refractivity (Wildman–Crippen MR) is 91.5 cm³/mol. The van der Waals surface area contributed by atoms with Gasteiger partial charge in [-0.2, -0.15) is 11.8 Å². The lowest BCUT2D eigenvalue weighted by atomic mass is 9.43. The van der Waals surface area contributed by atoms with Crippen LogP contribution in [0.2, 0.25) is 0 Å². The van der Waals surface area contributed by atoms with Gasteiger partial charge in [0.15, 0.2) is 0 Å². The van der Waals surface area contributed by atoms with Crippen LogP contribution in [-0.4, -0.2) is 49.6 Å². The Morgan fingerprint density at radius 3 is 2.59 bits per heavy atom. The summed E-state index contributed by atoms with van der Waals surface area (Å²) in [6.45, 7) is 10.5. The number of rotatable bonds is 0. The topological polar surface area (TPSA) is 27.7 Å². The van der Waals surface area contributed by atoms with Gasteiger partial charge in [-0.25, -0.2) is 0 Å². The summed E-state index contributed by atoms with van der Waals surface area (Å²) in [4.78, 5) is 0. The summed E-state index contributed by atoms with van der Waals surface area (Å²) in [6.07, 6.45) is 4.87. The van der Waals surface area contributed by atoms with Crippen LogP contribution in [0.5, 0.6) is 0 Å². The van der Waals surface area contributed by atoms with Crippen molar-refractivity contribution in [2.75, 3.05) is 37.9 Å². The molecular formula is C18H32O3S. The minimum Gasteiger partial charge on any atom is -0.381 e. The maximum Gasteiger partial charge on any atom is 0.0948 e. The largest absolute Gasteiger partial charge is 0.381 e. The van der Waals surface area contributed by atoms with Gasteiger partial charge in [-0.15, -0.1) is 0 Å². The molecule has 0 spiro atoms.